The topological polar surface area (TPSA) is 64.3 Å². The van der Waals surface area contributed by atoms with Crippen molar-refractivity contribution in [3.8, 4) is 5.75 Å². The van der Waals surface area contributed by atoms with Crippen molar-refractivity contribution in [3.63, 3.8) is 0 Å². The van der Waals surface area contributed by atoms with Crippen molar-refractivity contribution in [1.29, 1.82) is 0 Å². The minimum atomic E-state index is -0.341. The molecule has 4 nitrogen and oxygen atoms in total. The van der Waals surface area contributed by atoms with Gasteiger partial charge in [0.15, 0.2) is 6.61 Å². The van der Waals surface area contributed by atoms with Gasteiger partial charge < -0.3 is 15.8 Å². The molecule has 5 heteroatoms. The van der Waals surface area contributed by atoms with Crippen LogP contribution in [0.1, 0.15) is 18.9 Å². The number of nitrogens with one attached hydrogen (secondary N) is 1. The molecule has 1 aromatic carbocycles. The first-order valence-electron chi connectivity index (χ1n) is 6.61. The first kappa shape index (κ1) is 16.2. The van der Waals surface area contributed by atoms with E-state index in [0.717, 1.165) is 6.42 Å². The zero-order chi connectivity index (χ0) is 15.0. The summed E-state index contributed by atoms with van der Waals surface area (Å²) in [4.78, 5) is 11.4. The van der Waals surface area contributed by atoms with E-state index in [4.69, 9.17) is 10.5 Å². The first-order chi connectivity index (χ1) is 9.56. The Hall–Kier alpha value is -1.88. The van der Waals surface area contributed by atoms with Crippen LogP contribution in [0.5, 0.6) is 5.75 Å². The normalized spacial score (nSPS) is 11.8. The van der Waals surface area contributed by atoms with Crippen LogP contribution in [0.25, 0.3) is 0 Å². The maximum absolute atomic E-state index is 13.3. The number of halogens is 1. The summed E-state index contributed by atoms with van der Waals surface area (Å²) in [5.74, 6) is -0.101. The van der Waals surface area contributed by atoms with Crippen LogP contribution in [0.2, 0.25) is 0 Å². The molecule has 20 heavy (non-hydrogen) atoms. The third kappa shape index (κ3) is 5.40. The van der Waals surface area contributed by atoms with Gasteiger partial charge in [-0.15, -0.1) is 6.58 Å². The average Bonchev–Trinajstić information content (AvgIpc) is 2.44. The van der Waals surface area contributed by atoms with E-state index in [0.29, 0.717) is 24.3 Å². The monoisotopic (exact) mass is 280 g/mol. The summed E-state index contributed by atoms with van der Waals surface area (Å²) in [6.45, 7) is 5.74. The van der Waals surface area contributed by atoms with Crippen LogP contribution < -0.4 is 15.8 Å². The van der Waals surface area contributed by atoms with E-state index < -0.39 is 0 Å². The molecule has 0 bridgehead atoms. The van der Waals surface area contributed by atoms with Crippen molar-refractivity contribution in [3.05, 3.63) is 42.2 Å². The molecule has 0 spiro atoms. The predicted octanol–water partition coefficient (Wildman–Crippen LogP) is 1.79. The molecule has 1 rings (SSSR count). The van der Waals surface area contributed by atoms with Crippen LogP contribution in [0.15, 0.2) is 30.9 Å². The van der Waals surface area contributed by atoms with Crippen LogP contribution in [0, 0.1) is 5.82 Å². The number of benzene rings is 1. The minimum Gasteiger partial charge on any atom is -0.483 e. The van der Waals surface area contributed by atoms with Crippen molar-refractivity contribution >= 4 is 5.91 Å². The molecule has 3 N–H and O–H groups in total. The molecule has 0 aliphatic rings. The highest BCUT2D eigenvalue weighted by atomic mass is 19.1. The lowest BCUT2D eigenvalue weighted by Gasteiger charge is -2.14. The standard InChI is InChI=1S/C15H21FN2O2/c1-3-7-18-15(19)10-20-14-6-5-12(16)8-11(14)9-13(17)4-2/h3,5-6,8,13H,1,4,7,9-10,17H2,2H3,(H,18,19). The molecule has 0 fully saturated rings. The molecule has 110 valence electrons. The second-order valence-electron chi connectivity index (χ2n) is 4.51. The van der Waals surface area contributed by atoms with Gasteiger partial charge in [0.1, 0.15) is 11.6 Å². The molecule has 1 atom stereocenters. The van der Waals surface area contributed by atoms with Crippen molar-refractivity contribution in [2.24, 2.45) is 5.73 Å². The summed E-state index contributed by atoms with van der Waals surface area (Å²) in [5, 5.41) is 2.60. The lowest BCUT2D eigenvalue weighted by Crippen LogP contribution is -2.29. The van der Waals surface area contributed by atoms with Crippen LogP contribution in [-0.4, -0.2) is 25.1 Å². The van der Waals surface area contributed by atoms with E-state index >= 15 is 0 Å². The predicted molar refractivity (Wildman–Crippen MR) is 77.1 cm³/mol. The Kier molecular flexibility index (Phi) is 6.73. The van der Waals surface area contributed by atoms with E-state index in [1.54, 1.807) is 6.08 Å². The van der Waals surface area contributed by atoms with Crippen molar-refractivity contribution in [2.75, 3.05) is 13.2 Å². The number of amides is 1. The molecule has 0 radical (unpaired) electrons. The summed E-state index contributed by atoms with van der Waals surface area (Å²) in [7, 11) is 0. The fraction of sp³-hybridized carbons (Fsp3) is 0.400. The largest absolute Gasteiger partial charge is 0.483 e. The quantitative estimate of drug-likeness (QED) is 0.714. The zero-order valence-corrected chi connectivity index (χ0v) is 11.7. The Morgan fingerprint density at radius 2 is 2.35 bits per heavy atom. The number of nitrogens with two attached hydrogens (primary N) is 1. The van der Waals surface area contributed by atoms with Gasteiger partial charge in [-0.05, 0) is 36.6 Å². The number of ether oxygens (including phenoxy) is 1. The Balaban J connectivity index is 2.68. The molecule has 1 unspecified atom stereocenters. The molecule has 0 aliphatic carbocycles. The summed E-state index contributed by atoms with van der Waals surface area (Å²) >= 11 is 0. The lowest BCUT2D eigenvalue weighted by molar-refractivity contribution is -0.122. The first-order valence-corrected chi connectivity index (χ1v) is 6.61. The summed E-state index contributed by atoms with van der Waals surface area (Å²) in [6.07, 6.45) is 2.88. The van der Waals surface area contributed by atoms with Crippen molar-refractivity contribution < 1.29 is 13.9 Å². The van der Waals surface area contributed by atoms with E-state index in [-0.39, 0.29) is 24.4 Å². The Morgan fingerprint density at radius 3 is 3.00 bits per heavy atom. The number of hydrogen-bond acceptors (Lipinski definition) is 3. The zero-order valence-electron chi connectivity index (χ0n) is 11.7. The van der Waals surface area contributed by atoms with Crippen LogP contribution in [0.3, 0.4) is 0 Å². The van der Waals surface area contributed by atoms with Crippen molar-refractivity contribution in [1.82, 2.24) is 5.32 Å². The minimum absolute atomic E-state index is 0.0613. The molecule has 1 aromatic rings. The van der Waals surface area contributed by atoms with Gasteiger partial charge in [0, 0.05) is 12.6 Å². The maximum atomic E-state index is 13.3. The van der Waals surface area contributed by atoms with Gasteiger partial charge in [-0.25, -0.2) is 4.39 Å². The number of carbonyl (C=O) groups excluding carboxylic acids is 1. The summed E-state index contributed by atoms with van der Waals surface area (Å²) < 4.78 is 18.7. The summed E-state index contributed by atoms with van der Waals surface area (Å²) in [6, 6.07) is 4.16. The van der Waals surface area contributed by atoms with Gasteiger partial charge in [-0.3, -0.25) is 4.79 Å². The molecule has 0 saturated heterocycles. The molecular weight excluding hydrogens is 259 g/mol. The smallest absolute Gasteiger partial charge is 0.258 e. The second kappa shape index (κ2) is 8.32. The molecular formula is C15H21FN2O2. The van der Waals surface area contributed by atoms with E-state index in [1.807, 2.05) is 6.92 Å². The van der Waals surface area contributed by atoms with Crippen LogP contribution >= 0.6 is 0 Å². The van der Waals surface area contributed by atoms with Gasteiger partial charge in [0.2, 0.25) is 0 Å². The number of carbonyl (C=O) groups is 1. The third-order valence-electron chi connectivity index (χ3n) is 2.83. The number of rotatable bonds is 8. The molecule has 0 aromatic heterocycles. The van der Waals surface area contributed by atoms with E-state index in [9.17, 15) is 9.18 Å². The van der Waals surface area contributed by atoms with Gasteiger partial charge in [0.25, 0.3) is 5.91 Å². The van der Waals surface area contributed by atoms with Gasteiger partial charge >= 0.3 is 0 Å². The fourth-order valence-electron chi connectivity index (χ4n) is 1.66. The number of hydrogen-bond donors (Lipinski definition) is 2. The molecule has 0 heterocycles. The van der Waals surface area contributed by atoms with Gasteiger partial charge in [-0.1, -0.05) is 13.0 Å². The lowest BCUT2D eigenvalue weighted by atomic mass is 10.0. The highest BCUT2D eigenvalue weighted by Crippen LogP contribution is 2.21. The van der Waals surface area contributed by atoms with E-state index in [1.165, 1.54) is 18.2 Å². The van der Waals surface area contributed by atoms with Gasteiger partial charge in [-0.2, -0.15) is 0 Å². The molecule has 1 amide bonds. The van der Waals surface area contributed by atoms with Crippen LogP contribution in [0.4, 0.5) is 4.39 Å². The third-order valence-corrected chi connectivity index (χ3v) is 2.83. The second-order valence-corrected chi connectivity index (χ2v) is 4.51. The average molecular weight is 280 g/mol. The molecule has 0 saturated carbocycles. The van der Waals surface area contributed by atoms with E-state index in [2.05, 4.69) is 11.9 Å². The Morgan fingerprint density at radius 1 is 1.60 bits per heavy atom. The Labute approximate surface area is 118 Å². The summed E-state index contributed by atoms with van der Waals surface area (Å²) in [5.41, 5.74) is 6.55. The SMILES string of the molecule is C=CCNC(=O)COc1ccc(F)cc1CC(N)CC. The van der Waals surface area contributed by atoms with Gasteiger partial charge in [0.05, 0.1) is 0 Å². The molecule has 0 aliphatic heterocycles. The van der Waals surface area contributed by atoms with Crippen molar-refractivity contribution in [2.45, 2.75) is 25.8 Å². The fourth-order valence-corrected chi connectivity index (χ4v) is 1.66. The van der Waals surface area contributed by atoms with Crippen LogP contribution in [-0.2, 0) is 11.2 Å². The Bertz CT molecular complexity index is 463. The highest BCUT2D eigenvalue weighted by molar-refractivity contribution is 5.77. The highest BCUT2D eigenvalue weighted by Gasteiger charge is 2.11. The maximum Gasteiger partial charge on any atom is 0.258 e.